The van der Waals surface area contributed by atoms with E-state index >= 15 is 0 Å². The van der Waals surface area contributed by atoms with Gasteiger partial charge in [-0.1, -0.05) is 12.1 Å². The van der Waals surface area contributed by atoms with Crippen LogP contribution >= 0.6 is 0 Å². The third kappa shape index (κ3) is 4.69. The fourth-order valence-corrected chi connectivity index (χ4v) is 5.06. The Hall–Kier alpha value is -3.76. The van der Waals surface area contributed by atoms with Gasteiger partial charge in [0.25, 0.3) is 5.91 Å². The Morgan fingerprint density at radius 3 is 2.81 bits per heavy atom. The minimum absolute atomic E-state index is 0.174. The first-order valence-electron chi connectivity index (χ1n) is 12.4. The fraction of sp³-hybridized carbons (Fsp3) is 0.379. The van der Waals surface area contributed by atoms with Crippen LogP contribution in [-0.2, 0) is 23.3 Å². The van der Waals surface area contributed by atoms with Crippen LogP contribution < -0.4 is 10.2 Å². The molecule has 0 radical (unpaired) electrons. The molecule has 0 bridgehead atoms. The summed E-state index contributed by atoms with van der Waals surface area (Å²) in [6.07, 6.45) is 3.96. The van der Waals surface area contributed by atoms with Crippen molar-refractivity contribution in [1.29, 1.82) is 5.26 Å². The first-order chi connectivity index (χ1) is 17.4. The number of aromatic nitrogens is 2. The molecular formula is C29H31N5O2. The summed E-state index contributed by atoms with van der Waals surface area (Å²) in [5, 5.41) is 12.6. The van der Waals surface area contributed by atoms with Crippen LogP contribution in [0.5, 0.6) is 0 Å². The summed E-state index contributed by atoms with van der Waals surface area (Å²) >= 11 is 0. The van der Waals surface area contributed by atoms with Gasteiger partial charge in [0.05, 0.1) is 31.5 Å². The molecule has 1 aliphatic carbocycles. The Morgan fingerprint density at radius 1 is 1.19 bits per heavy atom. The summed E-state index contributed by atoms with van der Waals surface area (Å²) in [5.41, 5.74) is 4.88. The minimum Gasteiger partial charge on any atom is -0.375 e. The van der Waals surface area contributed by atoms with Crippen molar-refractivity contribution in [1.82, 2.24) is 15.3 Å². The predicted octanol–water partition coefficient (Wildman–Crippen LogP) is 4.45. The van der Waals surface area contributed by atoms with Crippen LogP contribution in [0.1, 0.15) is 70.0 Å². The van der Waals surface area contributed by atoms with Gasteiger partial charge >= 0.3 is 0 Å². The standard InChI is InChI=1S/C29H31N5O2/c1-29(17-30)18-36-16-21-8-7-20(14-25(21)29)28(35)32-15-24-13-19(9-10-31-24)22-11-23(12-22)26-5-4-6-27(33-26)34(2)3/h4-10,13-14,22-23H,11-12,15-16,18H2,1-3H3,(H,32,35)/t22-,23-,29-/m1/s1. The lowest BCUT2D eigenvalue weighted by atomic mass is 9.70. The van der Waals surface area contributed by atoms with Gasteiger partial charge in [0.15, 0.2) is 0 Å². The van der Waals surface area contributed by atoms with Gasteiger partial charge in [0, 0.05) is 37.5 Å². The molecule has 0 spiro atoms. The molecular weight excluding hydrogens is 450 g/mol. The van der Waals surface area contributed by atoms with Crippen molar-refractivity contribution in [3.05, 3.63) is 88.4 Å². The number of carbonyl (C=O) groups is 1. The van der Waals surface area contributed by atoms with Gasteiger partial charge in [-0.15, -0.1) is 0 Å². The molecule has 3 heterocycles. The zero-order valence-electron chi connectivity index (χ0n) is 21.0. The number of hydrogen-bond acceptors (Lipinski definition) is 6. The molecule has 3 aromatic rings. The number of hydrogen-bond donors (Lipinski definition) is 1. The molecule has 1 fully saturated rings. The molecule has 184 valence electrons. The van der Waals surface area contributed by atoms with Crippen molar-refractivity contribution < 1.29 is 9.53 Å². The molecule has 1 N–H and O–H groups in total. The number of nitrogens with zero attached hydrogens (tertiary/aromatic N) is 4. The maximum atomic E-state index is 12.9. The molecule has 1 aliphatic heterocycles. The predicted molar refractivity (Wildman–Crippen MR) is 138 cm³/mol. The quantitative estimate of drug-likeness (QED) is 0.560. The van der Waals surface area contributed by atoms with Gasteiger partial charge in [-0.05, 0) is 78.8 Å². The molecule has 5 rings (SSSR count). The first-order valence-corrected chi connectivity index (χ1v) is 12.4. The fourth-order valence-electron chi connectivity index (χ4n) is 5.06. The van der Waals surface area contributed by atoms with Crippen LogP contribution in [0.4, 0.5) is 5.82 Å². The van der Waals surface area contributed by atoms with Crippen LogP contribution in [0, 0.1) is 11.3 Å². The van der Waals surface area contributed by atoms with E-state index < -0.39 is 5.41 Å². The molecule has 2 aliphatic rings. The third-order valence-corrected chi connectivity index (χ3v) is 7.37. The van der Waals surface area contributed by atoms with E-state index in [1.807, 2.05) is 50.3 Å². The zero-order chi connectivity index (χ0) is 25.3. The van der Waals surface area contributed by atoms with Gasteiger partial charge in [-0.2, -0.15) is 5.26 Å². The largest absolute Gasteiger partial charge is 0.375 e. The Balaban J connectivity index is 1.21. The Morgan fingerprint density at radius 2 is 2.03 bits per heavy atom. The van der Waals surface area contributed by atoms with Gasteiger partial charge < -0.3 is 15.0 Å². The number of nitrogens with one attached hydrogen (secondary N) is 1. The maximum absolute atomic E-state index is 12.9. The lowest BCUT2D eigenvalue weighted by Gasteiger charge is -2.35. The zero-order valence-corrected chi connectivity index (χ0v) is 21.0. The summed E-state index contributed by atoms with van der Waals surface area (Å²) < 4.78 is 5.56. The molecule has 7 nitrogen and oxygen atoms in total. The Bertz CT molecular complexity index is 1330. The van der Waals surface area contributed by atoms with Gasteiger partial charge in [-0.25, -0.2) is 4.98 Å². The summed E-state index contributed by atoms with van der Waals surface area (Å²) in [7, 11) is 4.02. The highest BCUT2D eigenvalue weighted by molar-refractivity contribution is 5.94. The van der Waals surface area contributed by atoms with Gasteiger partial charge in [0.1, 0.15) is 11.2 Å². The molecule has 1 saturated carbocycles. The number of pyridine rings is 2. The van der Waals surface area contributed by atoms with E-state index in [-0.39, 0.29) is 5.91 Å². The molecule has 1 aromatic carbocycles. The van der Waals surface area contributed by atoms with Crippen molar-refractivity contribution >= 4 is 11.7 Å². The molecule has 1 amide bonds. The van der Waals surface area contributed by atoms with Crippen molar-refractivity contribution in [3.63, 3.8) is 0 Å². The summed E-state index contributed by atoms with van der Waals surface area (Å²) in [6.45, 7) is 2.99. The lowest BCUT2D eigenvalue weighted by Crippen LogP contribution is -2.33. The monoisotopic (exact) mass is 481 g/mol. The molecule has 0 unspecified atom stereocenters. The summed E-state index contributed by atoms with van der Waals surface area (Å²) in [4.78, 5) is 24.2. The lowest BCUT2D eigenvalue weighted by molar-refractivity contribution is 0.0757. The summed E-state index contributed by atoms with van der Waals surface area (Å²) in [5.74, 6) is 1.76. The van der Waals surface area contributed by atoms with Crippen molar-refractivity contribution in [3.8, 4) is 6.07 Å². The van der Waals surface area contributed by atoms with E-state index in [1.54, 1.807) is 6.07 Å². The molecule has 7 heteroatoms. The second-order valence-corrected chi connectivity index (χ2v) is 10.3. The summed E-state index contributed by atoms with van der Waals surface area (Å²) in [6, 6.07) is 18.2. The Labute approximate surface area is 212 Å². The number of ether oxygens (including phenoxy) is 1. The van der Waals surface area contributed by atoms with Crippen LogP contribution in [0.2, 0.25) is 0 Å². The number of amides is 1. The van der Waals surface area contributed by atoms with Gasteiger partial charge in [0.2, 0.25) is 0 Å². The van der Waals surface area contributed by atoms with Gasteiger partial charge in [-0.3, -0.25) is 9.78 Å². The average Bonchev–Trinajstić information content (AvgIpc) is 2.87. The number of rotatable bonds is 6. The number of nitriles is 1. The number of benzene rings is 1. The average molecular weight is 482 g/mol. The molecule has 36 heavy (non-hydrogen) atoms. The Kier molecular flexibility index (Phi) is 6.46. The highest BCUT2D eigenvalue weighted by Gasteiger charge is 2.34. The molecule has 2 aromatic heterocycles. The van der Waals surface area contributed by atoms with E-state index in [4.69, 9.17) is 9.72 Å². The number of fused-ring (bicyclic) bond motifs is 1. The van der Waals surface area contributed by atoms with E-state index in [0.717, 1.165) is 41.2 Å². The highest BCUT2D eigenvalue weighted by atomic mass is 16.5. The van der Waals surface area contributed by atoms with E-state index in [2.05, 4.69) is 40.6 Å². The highest BCUT2D eigenvalue weighted by Crippen LogP contribution is 2.47. The van der Waals surface area contributed by atoms with Crippen LogP contribution in [0.3, 0.4) is 0 Å². The second-order valence-electron chi connectivity index (χ2n) is 10.3. The number of anilines is 1. The van der Waals surface area contributed by atoms with Crippen molar-refractivity contribution in [2.45, 2.75) is 50.2 Å². The van der Waals surface area contributed by atoms with E-state index in [1.165, 1.54) is 5.56 Å². The van der Waals surface area contributed by atoms with Crippen LogP contribution in [0.25, 0.3) is 0 Å². The van der Waals surface area contributed by atoms with Crippen molar-refractivity contribution in [2.75, 3.05) is 25.6 Å². The minimum atomic E-state index is -0.746. The van der Waals surface area contributed by atoms with Crippen molar-refractivity contribution in [2.24, 2.45) is 0 Å². The molecule has 1 atom stereocenters. The van der Waals surface area contributed by atoms with Crippen LogP contribution in [-0.4, -0.2) is 36.6 Å². The third-order valence-electron chi connectivity index (χ3n) is 7.37. The topological polar surface area (TPSA) is 91.1 Å². The van der Waals surface area contributed by atoms with E-state index in [0.29, 0.717) is 37.2 Å². The second kappa shape index (κ2) is 9.71. The normalized spacial score (nSPS) is 22.6. The first kappa shape index (κ1) is 24.0. The maximum Gasteiger partial charge on any atom is 0.251 e. The van der Waals surface area contributed by atoms with E-state index in [9.17, 15) is 10.1 Å². The number of carbonyl (C=O) groups excluding carboxylic acids is 1. The smallest absolute Gasteiger partial charge is 0.251 e. The van der Waals surface area contributed by atoms with Crippen LogP contribution in [0.15, 0.2) is 54.7 Å². The molecule has 0 saturated heterocycles. The SMILES string of the molecule is CN(C)c1cccc([C@H]2C[C@H](c3ccnc(CNC(=O)c4ccc5c(c4)[C@](C)(C#N)COC5)c3)C2)n1.